The molecule has 112 valence electrons. The van der Waals surface area contributed by atoms with Crippen molar-refractivity contribution in [2.75, 3.05) is 14.2 Å². The molecule has 2 rings (SSSR count). The van der Waals surface area contributed by atoms with Gasteiger partial charge in [0.15, 0.2) is 0 Å². The fraction of sp³-hybridized carbons (Fsp3) is 0.333. The molecule has 0 heterocycles. The van der Waals surface area contributed by atoms with E-state index >= 15 is 0 Å². The third-order valence-electron chi connectivity index (χ3n) is 3.80. The number of para-hydroxylation sites is 1. The van der Waals surface area contributed by atoms with E-state index in [9.17, 15) is 5.11 Å². The zero-order chi connectivity index (χ0) is 15.2. The van der Waals surface area contributed by atoms with Gasteiger partial charge in [-0.15, -0.1) is 0 Å². The summed E-state index contributed by atoms with van der Waals surface area (Å²) >= 11 is 0. The van der Waals surface area contributed by atoms with Gasteiger partial charge in [-0.1, -0.05) is 30.3 Å². The molecular formula is C18H23NO2. The Bertz CT molecular complexity index is 583. The molecule has 0 aliphatic rings. The van der Waals surface area contributed by atoms with E-state index < -0.39 is 0 Å². The molecule has 0 saturated heterocycles. The van der Waals surface area contributed by atoms with Crippen molar-refractivity contribution in [3.05, 3.63) is 59.7 Å². The minimum absolute atomic E-state index is 0.318. The third kappa shape index (κ3) is 4.23. The van der Waals surface area contributed by atoms with Crippen LogP contribution >= 0.6 is 0 Å². The van der Waals surface area contributed by atoms with Gasteiger partial charge in [0.1, 0.15) is 11.5 Å². The second-order valence-electron chi connectivity index (χ2n) is 5.45. The van der Waals surface area contributed by atoms with Gasteiger partial charge in [-0.05, 0) is 49.7 Å². The fourth-order valence-electron chi connectivity index (χ4n) is 2.44. The van der Waals surface area contributed by atoms with Crippen molar-refractivity contribution in [1.29, 1.82) is 0 Å². The normalized spacial score (nSPS) is 12.4. The van der Waals surface area contributed by atoms with Crippen LogP contribution in [0.1, 0.15) is 18.1 Å². The Morgan fingerprint density at radius 3 is 2.62 bits per heavy atom. The number of aromatic hydroxyl groups is 1. The topological polar surface area (TPSA) is 32.7 Å². The van der Waals surface area contributed by atoms with Crippen LogP contribution in [0, 0.1) is 0 Å². The van der Waals surface area contributed by atoms with Gasteiger partial charge in [0, 0.05) is 12.6 Å². The molecule has 0 aliphatic heterocycles. The number of hydrogen-bond donors (Lipinski definition) is 1. The first-order chi connectivity index (χ1) is 10.1. The van der Waals surface area contributed by atoms with Gasteiger partial charge in [0.25, 0.3) is 0 Å². The molecule has 0 fully saturated rings. The van der Waals surface area contributed by atoms with Crippen LogP contribution in [0.5, 0.6) is 11.5 Å². The van der Waals surface area contributed by atoms with Crippen LogP contribution in [0.4, 0.5) is 0 Å². The van der Waals surface area contributed by atoms with Gasteiger partial charge >= 0.3 is 0 Å². The maximum atomic E-state index is 9.53. The largest absolute Gasteiger partial charge is 0.508 e. The second kappa shape index (κ2) is 7.14. The monoisotopic (exact) mass is 285 g/mol. The average Bonchev–Trinajstić information content (AvgIpc) is 2.47. The molecule has 2 aromatic carbocycles. The first-order valence-electron chi connectivity index (χ1n) is 7.20. The Morgan fingerprint density at radius 1 is 1.14 bits per heavy atom. The number of ether oxygens (including phenoxy) is 1. The highest BCUT2D eigenvalue weighted by Gasteiger charge is 2.13. The summed E-state index contributed by atoms with van der Waals surface area (Å²) in [4.78, 5) is 2.28. The summed E-state index contributed by atoms with van der Waals surface area (Å²) in [6.07, 6.45) is 0.930. The minimum atomic E-state index is 0.318. The van der Waals surface area contributed by atoms with Gasteiger partial charge < -0.3 is 9.84 Å². The van der Waals surface area contributed by atoms with E-state index in [2.05, 4.69) is 24.9 Å². The van der Waals surface area contributed by atoms with Crippen molar-refractivity contribution in [3.63, 3.8) is 0 Å². The third-order valence-corrected chi connectivity index (χ3v) is 3.80. The Hall–Kier alpha value is -2.00. The summed E-state index contributed by atoms with van der Waals surface area (Å²) in [6, 6.07) is 15.9. The molecule has 0 aromatic heterocycles. The van der Waals surface area contributed by atoms with Crippen LogP contribution in [-0.2, 0) is 13.0 Å². The number of rotatable bonds is 6. The summed E-state index contributed by atoms with van der Waals surface area (Å²) in [6.45, 7) is 3.01. The quantitative estimate of drug-likeness (QED) is 0.882. The van der Waals surface area contributed by atoms with Gasteiger partial charge in [-0.25, -0.2) is 0 Å². The molecule has 0 bridgehead atoms. The summed E-state index contributed by atoms with van der Waals surface area (Å²) in [5.74, 6) is 1.26. The van der Waals surface area contributed by atoms with E-state index in [1.54, 1.807) is 13.2 Å². The van der Waals surface area contributed by atoms with E-state index in [1.165, 1.54) is 5.56 Å². The molecule has 3 nitrogen and oxygen atoms in total. The van der Waals surface area contributed by atoms with Crippen LogP contribution in [0.25, 0.3) is 0 Å². The molecule has 0 spiro atoms. The van der Waals surface area contributed by atoms with Gasteiger partial charge in [0.2, 0.25) is 0 Å². The average molecular weight is 285 g/mol. The number of nitrogens with zero attached hydrogens (tertiary/aromatic N) is 1. The predicted molar refractivity (Wildman–Crippen MR) is 85.7 cm³/mol. The molecular weight excluding hydrogens is 262 g/mol. The van der Waals surface area contributed by atoms with Crippen LogP contribution in [0.2, 0.25) is 0 Å². The van der Waals surface area contributed by atoms with E-state index in [0.717, 1.165) is 24.3 Å². The standard InChI is InChI=1S/C18H23NO2/c1-14(11-16-8-4-5-10-18(16)21-3)19(2)13-15-7-6-9-17(20)12-15/h4-10,12,14,20H,11,13H2,1-3H3. The van der Waals surface area contributed by atoms with Gasteiger partial charge in [-0.3, -0.25) is 4.90 Å². The molecule has 1 atom stereocenters. The lowest BCUT2D eigenvalue weighted by atomic mass is 10.0. The van der Waals surface area contributed by atoms with Crippen LogP contribution in [-0.4, -0.2) is 30.2 Å². The number of phenolic OH excluding ortho intramolecular Hbond substituents is 1. The SMILES string of the molecule is COc1ccccc1CC(C)N(C)Cc1cccc(O)c1. The van der Waals surface area contributed by atoms with Crippen molar-refractivity contribution in [1.82, 2.24) is 4.90 Å². The van der Waals surface area contributed by atoms with Gasteiger partial charge in [-0.2, -0.15) is 0 Å². The number of likely N-dealkylation sites (N-methyl/N-ethyl adjacent to an activating group) is 1. The smallest absolute Gasteiger partial charge is 0.122 e. The zero-order valence-electron chi connectivity index (χ0n) is 12.9. The Balaban J connectivity index is 2.01. The summed E-state index contributed by atoms with van der Waals surface area (Å²) in [7, 11) is 3.81. The van der Waals surface area contributed by atoms with Crippen LogP contribution < -0.4 is 4.74 Å². The van der Waals surface area contributed by atoms with E-state index in [1.807, 2.05) is 36.4 Å². The maximum Gasteiger partial charge on any atom is 0.122 e. The van der Waals surface area contributed by atoms with Crippen molar-refractivity contribution < 1.29 is 9.84 Å². The Kier molecular flexibility index (Phi) is 5.23. The highest BCUT2D eigenvalue weighted by molar-refractivity contribution is 5.34. The molecule has 2 aromatic rings. The lowest BCUT2D eigenvalue weighted by Crippen LogP contribution is -2.30. The highest BCUT2D eigenvalue weighted by Crippen LogP contribution is 2.21. The lowest BCUT2D eigenvalue weighted by molar-refractivity contribution is 0.246. The predicted octanol–water partition coefficient (Wildman–Crippen LogP) is 3.46. The summed E-state index contributed by atoms with van der Waals surface area (Å²) < 4.78 is 5.41. The molecule has 1 unspecified atom stereocenters. The molecule has 1 N–H and O–H groups in total. The van der Waals surface area contributed by atoms with E-state index in [-0.39, 0.29) is 0 Å². The van der Waals surface area contributed by atoms with Crippen molar-refractivity contribution in [2.45, 2.75) is 25.9 Å². The van der Waals surface area contributed by atoms with E-state index in [4.69, 9.17) is 4.74 Å². The highest BCUT2D eigenvalue weighted by atomic mass is 16.5. The second-order valence-corrected chi connectivity index (χ2v) is 5.45. The van der Waals surface area contributed by atoms with E-state index in [0.29, 0.717) is 11.8 Å². The van der Waals surface area contributed by atoms with Crippen molar-refractivity contribution in [2.24, 2.45) is 0 Å². The first-order valence-corrected chi connectivity index (χ1v) is 7.20. The summed E-state index contributed by atoms with van der Waals surface area (Å²) in [5.41, 5.74) is 2.33. The number of methoxy groups -OCH3 is 1. The summed E-state index contributed by atoms with van der Waals surface area (Å²) in [5, 5.41) is 9.53. The zero-order valence-corrected chi connectivity index (χ0v) is 12.9. The van der Waals surface area contributed by atoms with Crippen LogP contribution in [0.3, 0.4) is 0 Å². The molecule has 0 aliphatic carbocycles. The van der Waals surface area contributed by atoms with Crippen LogP contribution in [0.15, 0.2) is 48.5 Å². The Morgan fingerprint density at radius 2 is 1.90 bits per heavy atom. The van der Waals surface area contributed by atoms with Crippen molar-refractivity contribution in [3.8, 4) is 11.5 Å². The Labute approximate surface area is 126 Å². The molecule has 0 saturated carbocycles. The number of hydrogen-bond acceptors (Lipinski definition) is 3. The minimum Gasteiger partial charge on any atom is -0.508 e. The van der Waals surface area contributed by atoms with Crippen molar-refractivity contribution >= 4 is 0 Å². The molecule has 21 heavy (non-hydrogen) atoms. The molecule has 0 amide bonds. The number of benzene rings is 2. The molecule has 0 radical (unpaired) electrons. The lowest BCUT2D eigenvalue weighted by Gasteiger charge is -2.25. The number of phenols is 1. The van der Waals surface area contributed by atoms with Gasteiger partial charge in [0.05, 0.1) is 7.11 Å². The maximum absolute atomic E-state index is 9.53. The fourth-order valence-corrected chi connectivity index (χ4v) is 2.44. The first kappa shape index (κ1) is 15.4. The molecule has 3 heteroatoms.